The third kappa shape index (κ3) is 2.38. The molecule has 0 radical (unpaired) electrons. The summed E-state index contributed by atoms with van der Waals surface area (Å²) < 4.78 is 0. The van der Waals surface area contributed by atoms with Gasteiger partial charge >= 0.3 is 0 Å². The minimum absolute atomic E-state index is 0.583. The minimum Gasteiger partial charge on any atom is -0.122 e. The molecule has 0 aliphatic carbocycles. The predicted molar refractivity (Wildman–Crippen MR) is 55.3 cm³/mol. The van der Waals surface area contributed by atoms with E-state index in [0.717, 1.165) is 0 Å². The minimum atomic E-state index is 0.583. The number of alkyl halides is 1. The highest BCUT2D eigenvalue weighted by Crippen LogP contribution is 2.14. The highest BCUT2D eigenvalue weighted by molar-refractivity contribution is 6.17. The van der Waals surface area contributed by atoms with Crippen LogP contribution in [0.4, 0.5) is 0 Å². The second-order valence-electron chi connectivity index (χ2n) is 3.05. The predicted octanol–water partition coefficient (Wildman–Crippen LogP) is 3.85. The first-order valence-electron chi connectivity index (χ1n) is 4.03. The average molecular weight is 181 g/mol. The van der Waals surface area contributed by atoms with Gasteiger partial charge in [0.2, 0.25) is 0 Å². The summed E-state index contributed by atoms with van der Waals surface area (Å²) in [5.41, 5.74) is 3.72. The van der Waals surface area contributed by atoms with Crippen molar-refractivity contribution < 1.29 is 0 Å². The first kappa shape index (κ1) is 9.34. The molecule has 0 bridgehead atoms. The van der Waals surface area contributed by atoms with E-state index in [1.54, 1.807) is 0 Å². The smallest absolute Gasteiger partial charge is 0.0479 e. The number of hydrogen-bond acceptors (Lipinski definition) is 0. The molecule has 0 spiro atoms. The topological polar surface area (TPSA) is 0 Å². The van der Waals surface area contributed by atoms with E-state index in [9.17, 15) is 0 Å². The van der Waals surface area contributed by atoms with E-state index in [1.165, 1.54) is 16.7 Å². The molecule has 0 nitrogen and oxygen atoms in total. The van der Waals surface area contributed by atoms with Crippen LogP contribution in [-0.4, -0.2) is 0 Å². The Morgan fingerprint density at radius 2 is 2.00 bits per heavy atom. The maximum absolute atomic E-state index is 5.79. The third-order valence-corrected chi connectivity index (χ3v) is 1.93. The molecular formula is C11H13Cl. The summed E-state index contributed by atoms with van der Waals surface area (Å²) in [5, 5.41) is 0. The zero-order chi connectivity index (χ0) is 8.97. The van der Waals surface area contributed by atoms with E-state index in [2.05, 4.69) is 32.1 Å². The van der Waals surface area contributed by atoms with Gasteiger partial charge in [-0.2, -0.15) is 0 Å². The van der Waals surface area contributed by atoms with Gasteiger partial charge in [0.25, 0.3) is 0 Å². The molecule has 0 amide bonds. The van der Waals surface area contributed by atoms with Gasteiger partial charge in [-0.15, -0.1) is 11.6 Å². The van der Waals surface area contributed by atoms with Crippen molar-refractivity contribution in [3.63, 3.8) is 0 Å². The normalized spacial score (nSPS) is 9.58. The van der Waals surface area contributed by atoms with Crippen LogP contribution in [0, 0.1) is 0 Å². The summed E-state index contributed by atoms with van der Waals surface area (Å²) in [4.78, 5) is 0. The Kier molecular flexibility index (Phi) is 3.36. The molecule has 1 aromatic carbocycles. The monoisotopic (exact) mass is 180 g/mol. The van der Waals surface area contributed by atoms with Gasteiger partial charge in [0.1, 0.15) is 0 Å². The summed E-state index contributed by atoms with van der Waals surface area (Å²) in [6.07, 6.45) is 2.15. The molecule has 0 aliphatic heterocycles. The van der Waals surface area contributed by atoms with Crippen LogP contribution >= 0.6 is 11.6 Å². The Balaban J connectivity index is 3.05. The van der Waals surface area contributed by atoms with Gasteiger partial charge in [0.05, 0.1) is 0 Å². The molecule has 0 saturated carbocycles. The molecule has 64 valence electrons. The number of allylic oxidation sites excluding steroid dienone is 1. The molecule has 1 aromatic rings. The van der Waals surface area contributed by atoms with Crippen molar-refractivity contribution in [2.75, 3.05) is 0 Å². The van der Waals surface area contributed by atoms with Crippen molar-refractivity contribution in [1.29, 1.82) is 0 Å². The Hall–Kier alpha value is -0.750. The van der Waals surface area contributed by atoms with Crippen molar-refractivity contribution in [3.05, 3.63) is 41.0 Å². The Morgan fingerprint density at radius 1 is 1.33 bits per heavy atom. The van der Waals surface area contributed by atoms with Crippen LogP contribution in [0.25, 0.3) is 6.08 Å². The van der Waals surface area contributed by atoms with E-state index in [4.69, 9.17) is 11.6 Å². The summed E-state index contributed by atoms with van der Waals surface area (Å²) in [6.45, 7) is 4.18. The van der Waals surface area contributed by atoms with E-state index in [1.807, 2.05) is 12.1 Å². The summed E-state index contributed by atoms with van der Waals surface area (Å²) in [5.74, 6) is 0.583. The van der Waals surface area contributed by atoms with Gasteiger partial charge in [0, 0.05) is 5.88 Å². The van der Waals surface area contributed by atoms with Crippen molar-refractivity contribution in [3.8, 4) is 0 Å². The maximum atomic E-state index is 5.79. The van der Waals surface area contributed by atoms with E-state index in [0.29, 0.717) is 5.88 Å². The molecule has 0 aliphatic rings. The lowest BCUT2D eigenvalue weighted by Crippen LogP contribution is -1.83. The van der Waals surface area contributed by atoms with Gasteiger partial charge in [-0.05, 0) is 25.0 Å². The van der Waals surface area contributed by atoms with Crippen LogP contribution in [0.1, 0.15) is 25.0 Å². The highest BCUT2D eigenvalue weighted by Gasteiger charge is 1.95. The standard InChI is InChI=1S/C11H13Cl/c1-9(2)7-10-5-3-4-6-11(10)8-12/h3-7H,8H2,1-2H3. The zero-order valence-corrected chi connectivity index (χ0v) is 8.23. The molecule has 1 heteroatoms. The Morgan fingerprint density at radius 3 is 2.58 bits per heavy atom. The largest absolute Gasteiger partial charge is 0.122 e. The molecule has 0 fully saturated rings. The fraction of sp³-hybridized carbons (Fsp3) is 0.273. The highest BCUT2D eigenvalue weighted by atomic mass is 35.5. The SMILES string of the molecule is CC(C)=Cc1ccccc1CCl. The number of hydrogen-bond donors (Lipinski definition) is 0. The Bertz CT molecular complexity index is 283. The number of benzene rings is 1. The van der Waals surface area contributed by atoms with Gasteiger partial charge in [-0.3, -0.25) is 0 Å². The second kappa shape index (κ2) is 4.32. The second-order valence-corrected chi connectivity index (χ2v) is 3.32. The zero-order valence-electron chi connectivity index (χ0n) is 7.47. The molecule has 0 aromatic heterocycles. The molecule has 0 heterocycles. The van der Waals surface area contributed by atoms with E-state index < -0.39 is 0 Å². The van der Waals surface area contributed by atoms with Crippen LogP contribution in [0.3, 0.4) is 0 Å². The number of halogens is 1. The van der Waals surface area contributed by atoms with Crippen LogP contribution in [-0.2, 0) is 5.88 Å². The quantitative estimate of drug-likeness (QED) is 0.607. The fourth-order valence-electron chi connectivity index (χ4n) is 1.11. The first-order valence-corrected chi connectivity index (χ1v) is 4.56. The molecule has 0 atom stereocenters. The van der Waals surface area contributed by atoms with Crippen molar-refractivity contribution in [2.45, 2.75) is 19.7 Å². The maximum Gasteiger partial charge on any atom is 0.0479 e. The first-order chi connectivity index (χ1) is 5.74. The van der Waals surface area contributed by atoms with Crippen LogP contribution in [0.2, 0.25) is 0 Å². The van der Waals surface area contributed by atoms with Crippen LogP contribution in [0.15, 0.2) is 29.8 Å². The summed E-state index contributed by atoms with van der Waals surface area (Å²) in [7, 11) is 0. The fourth-order valence-corrected chi connectivity index (χ4v) is 1.35. The molecule has 0 saturated heterocycles. The molecule has 12 heavy (non-hydrogen) atoms. The van der Waals surface area contributed by atoms with Gasteiger partial charge in [0.15, 0.2) is 0 Å². The van der Waals surface area contributed by atoms with Crippen LogP contribution in [0.5, 0.6) is 0 Å². The van der Waals surface area contributed by atoms with Crippen molar-refractivity contribution in [2.24, 2.45) is 0 Å². The molecule has 0 unspecified atom stereocenters. The lowest BCUT2D eigenvalue weighted by Gasteiger charge is -2.01. The molecule has 1 rings (SSSR count). The summed E-state index contributed by atoms with van der Waals surface area (Å²) >= 11 is 5.79. The third-order valence-electron chi connectivity index (χ3n) is 1.64. The lowest BCUT2D eigenvalue weighted by molar-refractivity contribution is 1.35. The number of rotatable bonds is 2. The average Bonchev–Trinajstić information content (AvgIpc) is 2.04. The van der Waals surface area contributed by atoms with E-state index in [-0.39, 0.29) is 0 Å². The molecule has 0 N–H and O–H groups in total. The van der Waals surface area contributed by atoms with Gasteiger partial charge < -0.3 is 0 Å². The van der Waals surface area contributed by atoms with E-state index >= 15 is 0 Å². The lowest BCUT2D eigenvalue weighted by atomic mass is 10.1. The van der Waals surface area contributed by atoms with Crippen molar-refractivity contribution in [1.82, 2.24) is 0 Å². The van der Waals surface area contributed by atoms with Gasteiger partial charge in [-0.1, -0.05) is 35.9 Å². The Labute approximate surface area is 78.9 Å². The van der Waals surface area contributed by atoms with Crippen molar-refractivity contribution >= 4 is 17.7 Å². The van der Waals surface area contributed by atoms with Gasteiger partial charge in [-0.25, -0.2) is 0 Å². The van der Waals surface area contributed by atoms with Crippen LogP contribution < -0.4 is 0 Å². The molecular weight excluding hydrogens is 168 g/mol. The summed E-state index contributed by atoms with van der Waals surface area (Å²) in [6, 6.07) is 8.19.